The van der Waals surface area contributed by atoms with E-state index in [1.807, 2.05) is 0 Å². The Labute approximate surface area is 135 Å². The normalized spacial score (nSPS) is 28.0. The van der Waals surface area contributed by atoms with Gasteiger partial charge in [0.25, 0.3) is 0 Å². The number of ether oxygens (including phenoxy) is 2. The summed E-state index contributed by atoms with van der Waals surface area (Å²) in [4.78, 5) is 0. The second-order valence-corrected chi connectivity index (χ2v) is 8.85. The summed E-state index contributed by atoms with van der Waals surface area (Å²) in [6.45, 7) is 1.85. The molecule has 0 bridgehead atoms. The lowest BCUT2D eigenvalue weighted by molar-refractivity contribution is -0.231. The van der Waals surface area contributed by atoms with Crippen molar-refractivity contribution in [3.63, 3.8) is 0 Å². The molecular weight excluding hydrogens is 335 g/mol. The fourth-order valence-electron chi connectivity index (χ4n) is 3.71. The maximum atomic E-state index is 13.4. The first-order valence-electron chi connectivity index (χ1n) is 7.76. The molecule has 23 heavy (non-hydrogen) atoms. The van der Waals surface area contributed by atoms with Crippen molar-refractivity contribution >= 4 is 10.0 Å². The van der Waals surface area contributed by atoms with Gasteiger partial charge in [0.2, 0.25) is 10.0 Å². The van der Waals surface area contributed by atoms with Gasteiger partial charge in [0.05, 0.1) is 17.8 Å². The number of hydrogen-bond acceptors (Lipinski definition) is 4. The van der Waals surface area contributed by atoms with Gasteiger partial charge in [-0.3, -0.25) is 0 Å². The average molecular weight is 359 g/mol. The van der Waals surface area contributed by atoms with Crippen LogP contribution >= 0.6 is 0 Å². The van der Waals surface area contributed by atoms with Gasteiger partial charge < -0.3 is 9.47 Å². The van der Waals surface area contributed by atoms with Crippen molar-refractivity contribution in [2.75, 3.05) is 40.0 Å². The summed E-state index contributed by atoms with van der Waals surface area (Å²) < 4.78 is 76.8. The van der Waals surface area contributed by atoms with Gasteiger partial charge in [-0.2, -0.15) is 13.2 Å². The Morgan fingerprint density at radius 1 is 1.35 bits per heavy atom. The maximum Gasteiger partial charge on any atom is 0.392 e. The molecule has 0 aromatic rings. The zero-order valence-corrected chi connectivity index (χ0v) is 14.3. The zero-order chi connectivity index (χ0) is 17.3. The van der Waals surface area contributed by atoms with E-state index in [1.54, 1.807) is 0 Å². The first kappa shape index (κ1) is 19.0. The van der Waals surface area contributed by atoms with Crippen LogP contribution in [0.5, 0.6) is 0 Å². The highest BCUT2D eigenvalue weighted by Gasteiger charge is 2.57. The molecule has 2 rings (SSSR count). The molecule has 0 amide bonds. The topological polar surface area (TPSA) is 55.8 Å². The molecule has 1 spiro atoms. The lowest BCUT2D eigenvalue weighted by atomic mass is 9.66. The van der Waals surface area contributed by atoms with Crippen LogP contribution in [0.4, 0.5) is 13.2 Å². The van der Waals surface area contributed by atoms with E-state index in [2.05, 4.69) is 0 Å². The summed E-state index contributed by atoms with van der Waals surface area (Å²) in [5.74, 6) is -1.47. The average Bonchev–Trinajstić information content (AvgIpc) is 2.46. The molecule has 0 aromatic heterocycles. The molecule has 9 heteroatoms. The number of sulfonamides is 1. The first-order chi connectivity index (χ1) is 10.6. The molecule has 136 valence electrons. The molecule has 2 aliphatic rings. The van der Waals surface area contributed by atoms with Crippen molar-refractivity contribution in [2.24, 2.45) is 11.3 Å². The van der Waals surface area contributed by atoms with Crippen molar-refractivity contribution in [2.45, 2.75) is 37.6 Å². The van der Waals surface area contributed by atoms with Crippen LogP contribution in [0, 0.1) is 11.3 Å². The van der Waals surface area contributed by atoms with Crippen LogP contribution < -0.4 is 0 Å². The first-order valence-corrected chi connectivity index (χ1v) is 9.26. The van der Waals surface area contributed by atoms with Crippen molar-refractivity contribution in [3.05, 3.63) is 0 Å². The Kier molecular flexibility index (Phi) is 5.65. The third-order valence-electron chi connectivity index (χ3n) is 5.05. The van der Waals surface area contributed by atoms with Gasteiger partial charge in [0, 0.05) is 33.4 Å². The van der Waals surface area contributed by atoms with Gasteiger partial charge in [0.15, 0.2) is 0 Å². The monoisotopic (exact) mass is 359 g/mol. The standard InChI is InChI=1S/C14H24F3NO4S/c1-11(9-21-2)23(19,20)18-6-3-12(14(15,16)17)13(10-18)4-7-22-8-5-13/h11-12H,3-10H2,1-2H3. The van der Waals surface area contributed by atoms with Crippen molar-refractivity contribution in [1.82, 2.24) is 4.31 Å². The predicted octanol–water partition coefficient (Wildman–Crippen LogP) is 2.03. The quantitative estimate of drug-likeness (QED) is 0.771. The number of hydrogen-bond donors (Lipinski definition) is 0. The van der Waals surface area contributed by atoms with E-state index < -0.39 is 32.8 Å². The molecule has 0 radical (unpaired) electrons. The van der Waals surface area contributed by atoms with Crippen LogP contribution in [0.1, 0.15) is 26.2 Å². The van der Waals surface area contributed by atoms with Crippen LogP contribution in [-0.4, -0.2) is 64.2 Å². The summed E-state index contributed by atoms with van der Waals surface area (Å²) in [6, 6.07) is 0. The van der Waals surface area contributed by atoms with Gasteiger partial charge in [-0.15, -0.1) is 0 Å². The maximum absolute atomic E-state index is 13.4. The van der Waals surface area contributed by atoms with Gasteiger partial charge >= 0.3 is 6.18 Å². The van der Waals surface area contributed by atoms with Gasteiger partial charge in [0.1, 0.15) is 0 Å². The van der Waals surface area contributed by atoms with Crippen LogP contribution in [-0.2, 0) is 19.5 Å². The van der Waals surface area contributed by atoms with E-state index >= 15 is 0 Å². The van der Waals surface area contributed by atoms with E-state index in [0.29, 0.717) is 0 Å². The van der Waals surface area contributed by atoms with Crippen LogP contribution in [0.2, 0.25) is 0 Å². The van der Waals surface area contributed by atoms with Gasteiger partial charge in [-0.25, -0.2) is 12.7 Å². The molecule has 0 N–H and O–H groups in total. The summed E-state index contributed by atoms with van der Waals surface area (Å²) >= 11 is 0. The Hall–Kier alpha value is -0.380. The van der Waals surface area contributed by atoms with E-state index in [1.165, 1.54) is 18.3 Å². The lowest BCUT2D eigenvalue weighted by Crippen LogP contribution is -2.57. The molecule has 2 unspecified atom stereocenters. The van der Waals surface area contributed by atoms with E-state index in [-0.39, 0.29) is 52.2 Å². The van der Waals surface area contributed by atoms with Gasteiger partial charge in [-0.1, -0.05) is 0 Å². The minimum atomic E-state index is -4.31. The molecule has 5 nitrogen and oxygen atoms in total. The summed E-state index contributed by atoms with van der Waals surface area (Å²) in [5, 5.41) is -0.771. The van der Waals surface area contributed by atoms with Crippen molar-refractivity contribution < 1.29 is 31.1 Å². The van der Waals surface area contributed by atoms with Crippen molar-refractivity contribution in [3.8, 4) is 0 Å². The van der Waals surface area contributed by atoms with E-state index in [9.17, 15) is 21.6 Å². The highest BCUT2D eigenvalue weighted by Crippen LogP contribution is 2.51. The third kappa shape index (κ3) is 3.83. The number of methoxy groups -OCH3 is 1. The van der Waals surface area contributed by atoms with Crippen LogP contribution in [0.3, 0.4) is 0 Å². The highest BCUT2D eigenvalue weighted by molar-refractivity contribution is 7.89. The lowest BCUT2D eigenvalue weighted by Gasteiger charge is -2.50. The number of rotatable bonds is 4. The van der Waals surface area contributed by atoms with Crippen molar-refractivity contribution in [1.29, 1.82) is 0 Å². The molecule has 2 saturated heterocycles. The Bertz CT molecular complexity index is 503. The molecule has 0 saturated carbocycles. The fraction of sp³-hybridized carbons (Fsp3) is 1.00. The predicted molar refractivity (Wildman–Crippen MR) is 78.5 cm³/mol. The molecular formula is C14H24F3NO4S. The number of alkyl halides is 3. The smallest absolute Gasteiger partial charge is 0.383 e. The minimum Gasteiger partial charge on any atom is -0.383 e. The second-order valence-electron chi connectivity index (χ2n) is 6.50. The largest absolute Gasteiger partial charge is 0.392 e. The molecule has 0 aromatic carbocycles. The van der Waals surface area contributed by atoms with Crippen LogP contribution in [0.15, 0.2) is 0 Å². The second kappa shape index (κ2) is 6.85. The Morgan fingerprint density at radius 2 is 1.96 bits per heavy atom. The van der Waals surface area contributed by atoms with Gasteiger partial charge in [-0.05, 0) is 31.6 Å². The van der Waals surface area contributed by atoms with Crippen LogP contribution in [0.25, 0.3) is 0 Å². The number of halogens is 3. The summed E-state index contributed by atoms with van der Waals surface area (Å²) in [5.41, 5.74) is -1.07. The third-order valence-corrected chi connectivity index (χ3v) is 7.24. The minimum absolute atomic E-state index is 0.0254. The molecule has 2 fully saturated rings. The highest BCUT2D eigenvalue weighted by atomic mass is 32.2. The van der Waals surface area contributed by atoms with E-state index in [0.717, 1.165) is 0 Å². The number of nitrogens with zero attached hydrogens (tertiary/aromatic N) is 1. The van der Waals surface area contributed by atoms with E-state index in [4.69, 9.17) is 9.47 Å². The SMILES string of the molecule is COCC(C)S(=O)(=O)N1CCC(C(F)(F)F)C2(CCOCC2)C1. The fourth-order valence-corrected chi connectivity index (χ4v) is 5.32. The molecule has 2 heterocycles. The summed E-state index contributed by atoms with van der Waals surface area (Å²) in [6.07, 6.45) is -4.03. The molecule has 0 aliphatic carbocycles. The Morgan fingerprint density at radius 3 is 2.48 bits per heavy atom. The Balaban J connectivity index is 2.26. The molecule has 2 aliphatic heterocycles. The number of piperidine rings is 1. The summed E-state index contributed by atoms with van der Waals surface area (Å²) in [7, 11) is -2.26. The zero-order valence-electron chi connectivity index (χ0n) is 13.4. The molecule has 2 atom stereocenters.